The smallest absolute Gasteiger partial charge is 0.236 e. The predicted molar refractivity (Wildman–Crippen MR) is 109 cm³/mol. The maximum atomic E-state index is 13.4. The molecule has 6 heteroatoms. The summed E-state index contributed by atoms with van der Waals surface area (Å²) in [6, 6.07) is 14.7. The third kappa shape index (κ3) is 3.56. The average molecular weight is 397 g/mol. The molecule has 0 aliphatic carbocycles. The van der Waals surface area contributed by atoms with E-state index in [2.05, 4.69) is 4.98 Å². The first-order chi connectivity index (χ1) is 13.4. The van der Waals surface area contributed by atoms with Gasteiger partial charge in [0, 0.05) is 18.7 Å². The zero-order valence-electron chi connectivity index (χ0n) is 16.2. The van der Waals surface area contributed by atoms with Crippen molar-refractivity contribution in [2.75, 3.05) is 18.0 Å². The molecule has 2 aromatic carbocycles. The van der Waals surface area contributed by atoms with Crippen LogP contribution in [0.2, 0.25) is 0 Å². The second kappa shape index (κ2) is 7.43. The van der Waals surface area contributed by atoms with Gasteiger partial charge in [-0.2, -0.15) is 4.98 Å². The molecule has 1 aliphatic rings. The van der Waals surface area contributed by atoms with Crippen molar-refractivity contribution in [3.63, 3.8) is 0 Å². The molecule has 3 aromatic rings. The quantitative estimate of drug-likeness (QED) is 0.635. The lowest BCUT2D eigenvalue weighted by atomic mass is 10.1. The molecule has 146 valence electrons. The zero-order chi connectivity index (χ0) is 19.7. The fourth-order valence-corrected chi connectivity index (χ4v) is 4.91. The van der Waals surface area contributed by atoms with Gasteiger partial charge in [0.05, 0.1) is 4.90 Å². The zero-order valence-corrected chi connectivity index (χ0v) is 17.0. The van der Waals surface area contributed by atoms with Gasteiger partial charge in [0.25, 0.3) is 0 Å². The van der Waals surface area contributed by atoms with Crippen LogP contribution in [0.15, 0.2) is 62.9 Å². The molecule has 0 spiro atoms. The Bertz CT molecular complexity index is 1080. The summed E-state index contributed by atoms with van der Waals surface area (Å²) in [7, 11) is -3.78. The van der Waals surface area contributed by atoms with Gasteiger partial charge in [-0.1, -0.05) is 29.8 Å². The summed E-state index contributed by atoms with van der Waals surface area (Å²) in [5.41, 5.74) is 2.79. The Morgan fingerprint density at radius 3 is 2.32 bits per heavy atom. The maximum Gasteiger partial charge on any atom is 0.236 e. The van der Waals surface area contributed by atoms with E-state index in [1.165, 1.54) is 0 Å². The van der Waals surface area contributed by atoms with Crippen LogP contribution in [0.4, 0.5) is 5.88 Å². The first-order valence-electron chi connectivity index (χ1n) is 9.60. The van der Waals surface area contributed by atoms with Crippen LogP contribution in [-0.2, 0) is 9.84 Å². The summed E-state index contributed by atoms with van der Waals surface area (Å²) >= 11 is 0. The molecule has 0 saturated carbocycles. The van der Waals surface area contributed by atoms with Gasteiger partial charge < -0.3 is 9.32 Å². The van der Waals surface area contributed by atoms with Crippen LogP contribution in [0, 0.1) is 13.8 Å². The number of anilines is 1. The second-order valence-corrected chi connectivity index (χ2v) is 9.23. The third-order valence-electron chi connectivity index (χ3n) is 5.08. The topological polar surface area (TPSA) is 63.4 Å². The number of benzene rings is 2. The molecule has 2 heterocycles. The highest BCUT2D eigenvalue weighted by Gasteiger charge is 2.32. The fraction of sp³-hybridized carbons (Fsp3) is 0.318. The molecule has 0 N–H and O–H groups in total. The molecule has 0 atom stereocenters. The average Bonchev–Trinajstić information content (AvgIpc) is 3.15. The van der Waals surface area contributed by atoms with Crippen LogP contribution in [0.5, 0.6) is 0 Å². The molecule has 4 rings (SSSR count). The Hall–Kier alpha value is -2.60. The molecule has 0 bridgehead atoms. The van der Waals surface area contributed by atoms with Gasteiger partial charge in [0.15, 0.2) is 0 Å². The van der Waals surface area contributed by atoms with E-state index in [-0.39, 0.29) is 9.92 Å². The molecule has 0 amide bonds. The molecule has 0 unspecified atom stereocenters. The number of oxazole rings is 1. The van der Waals surface area contributed by atoms with Gasteiger partial charge in [0.2, 0.25) is 26.6 Å². The minimum atomic E-state index is -3.78. The van der Waals surface area contributed by atoms with E-state index >= 15 is 0 Å². The number of aromatic nitrogens is 1. The summed E-state index contributed by atoms with van der Waals surface area (Å²) in [5.74, 6) is 0.698. The monoisotopic (exact) mass is 396 g/mol. The van der Waals surface area contributed by atoms with Crippen LogP contribution >= 0.6 is 0 Å². The molecular weight excluding hydrogens is 372 g/mol. The van der Waals surface area contributed by atoms with Crippen LogP contribution < -0.4 is 4.90 Å². The Balaban J connectivity index is 1.85. The minimum absolute atomic E-state index is 0.00979. The van der Waals surface area contributed by atoms with Crippen molar-refractivity contribution in [1.82, 2.24) is 4.98 Å². The summed E-state index contributed by atoms with van der Waals surface area (Å²) in [4.78, 5) is 6.72. The largest absolute Gasteiger partial charge is 0.419 e. The Labute approximate surface area is 165 Å². The Morgan fingerprint density at radius 1 is 0.929 bits per heavy atom. The molecule has 28 heavy (non-hydrogen) atoms. The van der Waals surface area contributed by atoms with Gasteiger partial charge in [0.1, 0.15) is 0 Å². The number of hydrogen-bond acceptors (Lipinski definition) is 5. The van der Waals surface area contributed by atoms with Crippen LogP contribution in [0.25, 0.3) is 11.5 Å². The lowest BCUT2D eigenvalue weighted by Gasteiger charge is -2.26. The number of aryl methyl sites for hydroxylation is 2. The normalized spacial score (nSPS) is 15.0. The van der Waals surface area contributed by atoms with Crippen molar-refractivity contribution in [2.24, 2.45) is 0 Å². The third-order valence-corrected chi connectivity index (χ3v) is 6.73. The van der Waals surface area contributed by atoms with Gasteiger partial charge in [-0.3, -0.25) is 0 Å². The molecular formula is C22H24N2O3S. The van der Waals surface area contributed by atoms with Gasteiger partial charge in [-0.15, -0.1) is 0 Å². The van der Waals surface area contributed by atoms with Crippen molar-refractivity contribution in [1.29, 1.82) is 0 Å². The van der Waals surface area contributed by atoms with Crippen LogP contribution in [-0.4, -0.2) is 26.5 Å². The number of rotatable bonds is 4. The molecule has 1 aliphatic heterocycles. The van der Waals surface area contributed by atoms with E-state index in [1.807, 2.05) is 49.1 Å². The van der Waals surface area contributed by atoms with Crippen molar-refractivity contribution >= 4 is 15.7 Å². The molecule has 1 saturated heterocycles. The second-order valence-electron chi connectivity index (χ2n) is 7.36. The standard InChI is InChI=1S/C22H24N2O3S/c1-16-9-11-18(12-10-16)20-23-21(22(27-20)24-13-4-3-5-14-24)28(25,26)19-8-6-7-17(2)15-19/h6-12,15H,3-5,13-14H2,1-2H3. The summed E-state index contributed by atoms with van der Waals surface area (Å²) < 4.78 is 32.9. The highest BCUT2D eigenvalue weighted by Crippen LogP contribution is 2.36. The molecule has 5 nitrogen and oxygen atoms in total. The van der Waals surface area contributed by atoms with E-state index < -0.39 is 9.84 Å². The minimum Gasteiger partial charge on any atom is -0.419 e. The Kier molecular flexibility index (Phi) is 4.98. The van der Waals surface area contributed by atoms with Crippen molar-refractivity contribution in [2.45, 2.75) is 43.0 Å². The Morgan fingerprint density at radius 2 is 1.64 bits per heavy atom. The summed E-state index contributed by atoms with van der Waals surface area (Å²) in [6.07, 6.45) is 3.18. The van der Waals surface area contributed by atoms with E-state index in [1.54, 1.807) is 18.2 Å². The lowest BCUT2D eigenvalue weighted by Crippen LogP contribution is -2.30. The van der Waals surface area contributed by atoms with Crippen molar-refractivity contribution in [3.05, 3.63) is 59.7 Å². The van der Waals surface area contributed by atoms with Gasteiger partial charge in [-0.05, 0) is 62.9 Å². The number of nitrogens with zero attached hydrogens (tertiary/aromatic N) is 2. The van der Waals surface area contributed by atoms with E-state index in [9.17, 15) is 8.42 Å². The maximum absolute atomic E-state index is 13.4. The molecule has 0 radical (unpaired) electrons. The highest BCUT2D eigenvalue weighted by atomic mass is 32.2. The fourth-order valence-electron chi connectivity index (χ4n) is 3.48. The number of sulfone groups is 1. The first kappa shape index (κ1) is 18.7. The summed E-state index contributed by atoms with van der Waals surface area (Å²) in [5, 5.41) is 0.00979. The molecule has 1 aromatic heterocycles. The highest BCUT2D eigenvalue weighted by molar-refractivity contribution is 7.91. The number of piperidine rings is 1. The van der Waals surface area contributed by atoms with Gasteiger partial charge >= 0.3 is 0 Å². The van der Waals surface area contributed by atoms with Crippen molar-refractivity contribution < 1.29 is 12.8 Å². The number of hydrogen-bond donors (Lipinski definition) is 0. The lowest BCUT2D eigenvalue weighted by molar-refractivity contribution is 0.499. The van der Waals surface area contributed by atoms with E-state index in [0.717, 1.165) is 49.0 Å². The van der Waals surface area contributed by atoms with Crippen LogP contribution in [0.3, 0.4) is 0 Å². The predicted octanol–water partition coefficient (Wildman–Crippen LogP) is 4.78. The van der Waals surface area contributed by atoms with E-state index in [0.29, 0.717) is 11.8 Å². The van der Waals surface area contributed by atoms with Crippen LogP contribution in [0.1, 0.15) is 30.4 Å². The SMILES string of the molecule is Cc1ccc(-c2nc(S(=O)(=O)c3cccc(C)c3)c(N3CCCCC3)o2)cc1. The van der Waals surface area contributed by atoms with Gasteiger partial charge in [-0.25, -0.2) is 8.42 Å². The van der Waals surface area contributed by atoms with E-state index in [4.69, 9.17) is 4.42 Å². The first-order valence-corrected chi connectivity index (χ1v) is 11.1. The molecule has 1 fully saturated rings. The van der Waals surface area contributed by atoms with Crippen molar-refractivity contribution in [3.8, 4) is 11.5 Å². The summed E-state index contributed by atoms with van der Waals surface area (Å²) in [6.45, 7) is 5.44.